The summed E-state index contributed by atoms with van der Waals surface area (Å²) in [6.07, 6.45) is 5.77. The van der Waals surface area contributed by atoms with E-state index in [4.69, 9.17) is 4.74 Å². The summed E-state index contributed by atoms with van der Waals surface area (Å²) in [5, 5.41) is 3.94. The quantitative estimate of drug-likeness (QED) is 0.313. The Morgan fingerprint density at radius 1 is 0.947 bits per heavy atom. The number of hydrogen-bond donors (Lipinski definition) is 1. The van der Waals surface area contributed by atoms with E-state index in [1.165, 1.54) is 0 Å². The first kappa shape index (κ1) is 30.5. The fourth-order valence-electron chi connectivity index (χ4n) is 5.49. The van der Waals surface area contributed by atoms with Crippen LogP contribution in [0.2, 0.25) is 0 Å². The number of rotatable bonds is 14. The summed E-state index contributed by atoms with van der Waals surface area (Å²) in [7, 11) is 0.511. The van der Waals surface area contributed by atoms with Gasteiger partial charge in [-0.15, -0.1) is 0 Å². The summed E-state index contributed by atoms with van der Waals surface area (Å²) in [5.41, 5.74) is 2.43. The molecule has 0 saturated heterocycles. The van der Waals surface area contributed by atoms with Crippen molar-refractivity contribution in [3.63, 3.8) is 0 Å². The van der Waals surface area contributed by atoms with E-state index in [0.717, 1.165) is 80.7 Å². The molecular formula is C31H49N3O3S. The Hall–Kier alpha value is -2.09. The van der Waals surface area contributed by atoms with E-state index in [9.17, 15) is 8.42 Å². The SMILES string of the molecule is CCCCC1(CCCC)CS(=O)(=O)c2ccc(N(C)C)cc2C(c2ccc(OCCN(CC)CC)cc2)N1. The lowest BCUT2D eigenvalue weighted by Crippen LogP contribution is -2.50. The molecule has 1 aliphatic heterocycles. The zero-order valence-corrected chi connectivity index (χ0v) is 25.2. The second-order valence-corrected chi connectivity index (χ2v) is 12.8. The van der Waals surface area contributed by atoms with Crippen LogP contribution in [0.5, 0.6) is 5.75 Å². The first-order valence-electron chi connectivity index (χ1n) is 14.5. The molecule has 0 radical (unpaired) electrons. The highest BCUT2D eigenvalue weighted by molar-refractivity contribution is 7.91. The van der Waals surface area contributed by atoms with Crippen molar-refractivity contribution in [2.45, 2.75) is 82.7 Å². The first-order chi connectivity index (χ1) is 18.2. The molecule has 0 amide bonds. The predicted octanol–water partition coefficient (Wildman–Crippen LogP) is 6.06. The van der Waals surface area contributed by atoms with E-state index in [2.05, 4.69) is 56.1 Å². The lowest BCUT2D eigenvalue weighted by molar-refractivity contribution is 0.222. The van der Waals surface area contributed by atoms with Crippen LogP contribution in [0.25, 0.3) is 0 Å². The van der Waals surface area contributed by atoms with E-state index in [1.807, 2.05) is 43.3 Å². The minimum absolute atomic E-state index is 0.136. The molecule has 7 heteroatoms. The number of nitrogens with one attached hydrogen (secondary N) is 1. The number of unbranched alkanes of at least 4 members (excludes halogenated alkanes) is 2. The molecule has 2 aromatic carbocycles. The van der Waals surface area contributed by atoms with Gasteiger partial charge in [0.25, 0.3) is 0 Å². The van der Waals surface area contributed by atoms with Gasteiger partial charge in [-0.1, -0.05) is 65.5 Å². The van der Waals surface area contributed by atoms with Crippen LogP contribution in [0.4, 0.5) is 5.69 Å². The lowest BCUT2D eigenvalue weighted by Gasteiger charge is -2.37. The molecule has 2 aromatic rings. The number of sulfone groups is 1. The fraction of sp³-hybridized carbons (Fsp3) is 0.613. The summed E-state index contributed by atoms with van der Waals surface area (Å²) in [6, 6.07) is 13.8. The molecule has 0 bridgehead atoms. The third-order valence-corrected chi connectivity index (χ3v) is 9.85. The Bertz CT molecular complexity index is 1100. The van der Waals surface area contributed by atoms with Crippen molar-refractivity contribution >= 4 is 15.5 Å². The van der Waals surface area contributed by atoms with Crippen LogP contribution in [0.1, 0.15) is 83.4 Å². The molecule has 212 valence electrons. The van der Waals surface area contributed by atoms with Crippen LogP contribution in [0, 0.1) is 0 Å². The van der Waals surface area contributed by atoms with Gasteiger partial charge in [-0.25, -0.2) is 8.42 Å². The van der Waals surface area contributed by atoms with Crippen molar-refractivity contribution < 1.29 is 13.2 Å². The van der Waals surface area contributed by atoms with Gasteiger partial charge < -0.3 is 14.5 Å². The third-order valence-electron chi connectivity index (χ3n) is 7.87. The number of ether oxygens (including phenoxy) is 1. The molecule has 6 nitrogen and oxygen atoms in total. The Balaban J connectivity index is 2.03. The highest BCUT2D eigenvalue weighted by Gasteiger charge is 2.42. The average molecular weight is 544 g/mol. The summed E-state index contributed by atoms with van der Waals surface area (Å²) < 4.78 is 33.8. The minimum Gasteiger partial charge on any atom is -0.492 e. The maximum atomic E-state index is 13.9. The Kier molecular flexibility index (Phi) is 11.1. The van der Waals surface area contributed by atoms with Gasteiger partial charge in [0.15, 0.2) is 9.84 Å². The van der Waals surface area contributed by atoms with Gasteiger partial charge in [0.05, 0.1) is 16.7 Å². The second-order valence-electron chi connectivity index (χ2n) is 10.9. The molecular weight excluding hydrogens is 494 g/mol. The topological polar surface area (TPSA) is 61.9 Å². The van der Waals surface area contributed by atoms with Crippen LogP contribution >= 0.6 is 0 Å². The summed E-state index contributed by atoms with van der Waals surface area (Å²) in [4.78, 5) is 4.83. The second kappa shape index (κ2) is 13.8. The smallest absolute Gasteiger partial charge is 0.180 e. The number of benzene rings is 2. The standard InChI is InChI=1S/C31H49N3O3S/c1-7-11-19-31(20-12-8-2)24-38(35,36)29-18-15-26(33(5)6)23-28(29)30(32-31)25-13-16-27(17-14-25)37-22-21-34(9-3)10-4/h13-18,23,30,32H,7-12,19-22,24H2,1-6H3. The number of nitrogens with zero attached hydrogens (tertiary/aromatic N) is 2. The van der Waals surface area contributed by atoms with E-state index >= 15 is 0 Å². The van der Waals surface area contributed by atoms with E-state index in [-0.39, 0.29) is 11.8 Å². The van der Waals surface area contributed by atoms with E-state index in [1.54, 1.807) is 0 Å². The lowest BCUT2D eigenvalue weighted by atomic mass is 9.86. The summed E-state index contributed by atoms with van der Waals surface area (Å²) >= 11 is 0. The molecule has 0 aliphatic carbocycles. The van der Waals surface area contributed by atoms with Crippen LogP contribution in [0.15, 0.2) is 47.4 Å². The number of fused-ring (bicyclic) bond motifs is 1. The van der Waals surface area contributed by atoms with Crippen molar-refractivity contribution in [3.05, 3.63) is 53.6 Å². The number of likely N-dealkylation sites (N-methyl/N-ethyl adjacent to an activating group) is 1. The predicted molar refractivity (Wildman–Crippen MR) is 159 cm³/mol. The van der Waals surface area contributed by atoms with Crippen LogP contribution < -0.4 is 15.0 Å². The molecule has 1 atom stereocenters. The van der Waals surface area contributed by atoms with Crippen molar-refractivity contribution in [1.29, 1.82) is 0 Å². The highest BCUT2D eigenvalue weighted by Crippen LogP contribution is 2.40. The van der Waals surface area contributed by atoms with Crippen molar-refractivity contribution in [2.24, 2.45) is 0 Å². The van der Waals surface area contributed by atoms with Crippen LogP contribution in [-0.4, -0.2) is 64.9 Å². The van der Waals surface area contributed by atoms with Crippen LogP contribution in [0.3, 0.4) is 0 Å². The van der Waals surface area contributed by atoms with Gasteiger partial charge in [-0.3, -0.25) is 5.32 Å². The first-order valence-corrected chi connectivity index (χ1v) is 16.1. The zero-order valence-electron chi connectivity index (χ0n) is 24.4. The largest absolute Gasteiger partial charge is 0.492 e. The van der Waals surface area contributed by atoms with Gasteiger partial charge in [-0.05, 0) is 67.4 Å². The summed E-state index contributed by atoms with van der Waals surface area (Å²) in [5.74, 6) is 0.977. The van der Waals surface area contributed by atoms with E-state index in [0.29, 0.717) is 11.5 Å². The summed E-state index contributed by atoms with van der Waals surface area (Å²) in [6.45, 7) is 12.3. The van der Waals surface area contributed by atoms with Gasteiger partial charge >= 0.3 is 0 Å². The fourth-order valence-corrected chi connectivity index (χ4v) is 7.55. The zero-order chi connectivity index (χ0) is 27.8. The molecule has 1 aliphatic rings. The highest BCUT2D eigenvalue weighted by atomic mass is 32.2. The third kappa shape index (κ3) is 7.51. The van der Waals surface area contributed by atoms with Crippen LogP contribution in [-0.2, 0) is 9.84 Å². The van der Waals surface area contributed by atoms with Crippen molar-refractivity contribution in [3.8, 4) is 5.75 Å². The molecule has 0 aromatic heterocycles. The monoisotopic (exact) mass is 543 g/mol. The molecule has 0 fully saturated rings. The molecule has 1 heterocycles. The minimum atomic E-state index is -3.47. The maximum Gasteiger partial charge on any atom is 0.180 e. The van der Waals surface area contributed by atoms with Crippen molar-refractivity contribution in [1.82, 2.24) is 10.2 Å². The number of hydrogen-bond acceptors (Lipinski definition) is 6. The number of anilines is 1. The Morgan fingerprint density at radius 2 is 1.58 bits per heavy atom. The molecule has 0 saturated carbocycles. The van der Waals surface area contributed by atoms with Gasteiger partial charge in [-0.2, -0.15) is 0 Å². The molecule has 3 rings (SSSR count). The van der Waals surface area contributed by atoms with E-state index < -0.39 is 15.4 Å². The Morgan fingerprint density at radius 3 is 2.13 bits per heavy atom. The molecule has 1 unspecified atom stereocenters. The van der Waals surface area contributed by atoms with Gasteiger partial charge in [0.1, 0.15) is 12.4 Å². The molecule has 38 heavy (non-hydrogen) atoms. The normalized spacial score (nSPS) is 18.1. The molecule has 0 spiro atoms. The maximum absolute atomic E-state index is 13.9. The Labute approximate surface area is 231 Å². The van der Waals surface area contributed by atoms with Gasteiger partial charge in [0.2, 0.25) is 0 Å². The van der Waals surface area contributed by atoms with Crippen molar-refractivity contribution in [2.75, 3.05) is 51.0 Å². The molecule has 1 N–H and O–H groups in total. The van der Waals surface area contributed by atoms with Gasteiger partial charge in [0, 0.05) is 31.9 Å². The average Bonchev–Trinajstić information content (AvgIpc) is 3.01.